The van der Waals surface area contributed by atoms with Crippen LogP contribution in [0.25, 0.3) is 0 Å². The molecular formula is C14H27N3O. The molecule has 2 heterocycles. The summed E-state index contributed by atoms with van der Waals surface area (Å²) < 4.78 is 0. The van der Waals surface area contributed by atoms with Crippen LogP contribution in [0.3, 0.4) is 0 Å². The van der Waals surface area contributed by atoms with Crippen molar-refractivity contribution in [1.29, 1.82) is 0 Å². The van der Waals surface area contributed by atoms with Gasteiger partial charge in [-0.1, -0.05) is 26.2 Å². The van der Waals surface area contributed by atoms with E-state index in [-0.39, 0.29) is 11.9 Å². The van der Waals surface area contributed by atoms with E-state index in [1.54, 1.807) is 0 Å². The van der Waals surface area contributed by atoms with Crippen molar-refractivity contribution in [3.05, 3.63) is 0 Å². The first kappa shape index (κ1) is 13.8. The van der Waals surface area contributed by atoms with E-state index in [4.69, 9.17) is 5.73 Å². The zero-order chi connectivity index (χ0) is 13.0. The van der Waals surface area contributed by atoms with E-state index >= 15 is 0 Å². The number of carbonyl (C=O) groups excluding carboxylic acids is 1. The molecule has 2 atom stereocenters. The van der Waals surface area contributed by atoms with Gasteiger partial charge in [0.2, 0.25) is 5.91 Å². The first-order valence-corrected chi connectivity index (χ1v) is 7.50. The minimum absolute atomic E-state index is 0.175. The average Bonchev–Trinajstić information content (AvgIpc) is 2.43. The molecule has 18 heavy (non-hydrogen) atoms. The lowest BCUT2D eigenvalue weighted by Gasteiger charge is -2.44. The van der Waals surface area contributed by atoms with Crippen LogP contribution in [0.1, 0.15) is 45.4 Å². The molecule has 0 aromatic heterocycles. The highest BCUT2D eigenvalue weighted by Gasteiger charge is 2.32. The molecule has 0 bridgehead atoms. The highest BCUT2D eigenvalue weighted by atomic mass is 16.2. The summed E-state index contributed by atoms with van der Waals surface area (Å²) in [6.45, 7) is 6.16. The van der Waals surface area contributed by atoms with E-state index in [0.29, 0.717) is 6.04 Å². The quantitative estimate of drug-likeness (QED) is 0.819. The summed E-state index contributed by atoms with van der Waals surface area (Å²) in [5.41, 5.74) is 6.00. The Morgan fingerprint density at radius 1 is 1.33 bits per heavy atom. The van der Waals surface area contributed by atoms with Gasteiger partial charge in [0.25, 0.3) is 0 Å². The second-order valence-electron chi connectivity index (χ2n) is 5.72. The Hall–Kier alpha value is -0.610. The predicted octanol–water partition coefficient (Wildman–Crippen LogP) is 1.20. The first-order valence-electron chi connectivity index (χ1n) is 7.50. The maximum atomic E-state index is 12.3. The molecular weight excluding hydrogens is 226 g/mol. The summed E-state index contributed by atoms with van der Waals surface area (Å²) >= 11 is 0. The zero-order valence-corrected chi connectivity index (χ0v) is 11.6. The van der Waals surface area contributed by atoms with Gasteiger partial charge in [0.1, 0.15) is 0 Å². The van der Waals surface area contributed by atoms with Crippen molar-refractivity contribution >= 4 is 5.91 Å². The fraction of sp³-hybridized carbons (Fsp3) is 0.929. The van der Waals surface area contributed by atoms with E-state index in [1.165, 1.54) is 25.8 Å². The zero-order valence-electron chi connectivity index (χ0n) is 11.6. The highest BCUT2D eigenvalue weighted by Crippen LogP contribution is 2.21. The number of nitrogens with two attached hydrogens (primary N) is 1. The molecule has 2 rings (SSSR count). The van der Waals surface area contributed by atoms with Crippen LogP contribution >= 0.6 is 0 Å². The Morgan fingerprint density at radius 3 is 2.94 bits per heavy atom. The number of carbonyl (C=O) groups is 1. The standard InChI is InChI=1S/C14H27N3O/c1-2-3-7-13(15)14(18)17-10-9-16-8-5-4-6-12(16)11-17/h12-13H,2-11,15H2,1H3/t12?,13-/m0/s1. The molecule has 2 aliphatic rings. The number of nitrogens with zero attached hydrogens (tertiary/aromatic N) is 2. The molecule has 0 saturated carbocycles. The van der Waals surface area contributed by atoms with Gasteiger partial charge in [-0.15, -0.1) is 0 Å². The van der Waals surface area contributed by atoms with E-state index in [9.17, 15) is 4.79 Å². The van der Waals surface area contributed by atoms with Crippen molar-refractivity contribution in [3.8, 4) is 0 Å². The molecule has 4 heteroatoms. The van der Waals surface area contributed by atoms with Crippen molar-refractivity contribution in [2.75, 3.05) is 26.2 Å². The van der Waals surface area contributed by atoms with E-state index in [0.717, 1.165) is 38.9 Å². The van der Waals surface area contributed by atoms with E-state index < -0.39 is 0 Å². The number of unbranched alkanes of at least 4 members (excludes halogenated alkanes) is 1. The van der Waals surface area contributed by atoms with Gasteiger partial charge < -0.3 is 10.6 Å². The van der Waals surface area contributed by atoms with Gasteiger partial charge in [0.15, 0.2) is 0 Å². The smallest absolute Gasteiger partial charge is 0.239 e. The molecule has 104 valence electrons. The maximum absolute atomic E-state index is 12.3. The summed E-state index contributed by atoms with van der Waals surface area (Å²) in [6, 6.07) is 0.315. The number of hydrogen-bond donors (Lipinski definition) is 1. The van der Waals surface area contributed by atoms with Crippen LogP contribution in [-0.2, 0) is 4.79 Å². The molecule has 0 aliphatic carbocycles. The normalized spacial score (nSPS) is 26.8. The maximum Gasteiger partial charge on any atom is 0.239 e. The van der Waals surface area contributed by atoms with Gasteiger partial charge >= 0.3 is 0 Å². The highest BCUT2D eigenvalue weighted by molar-refractivity contribution is 5.81. The van der Waals surface area contributed by atoms with Crippen LogP contribution < -0.4 is 5.73 Å². The monoisotopic (exact) mass is 253 g/mol. The first-order chi connectivity index (χ1) is 8.72. The SMILES string of the molecule is CCCC[C@H](N)C(=O)N1CCN2CCCCC2C1. The lowest BCUT2D eigenvalue weighted by molar-refractivity contribution is -0.136. The number of rotatable bonds is 4. The number of hydrogen-bond acceptors (Lipinski definition) is 3. The molecule has 0 aromatic rings. The summed E-state index contributed by atoms with van der Waals surface area (Å²) in [5.74, 6) is 0.175. The molecule has 0 radical (unpaired) electrons. The van der Waals surface area contributed by atoms with Crippen molar-refractivity contribution in [1.82, 2.24) is 9.80 Å². The van der Waals surface area contributed by atoms with Crippen molar-refractivity contribution in [3.63, 3.8) is 0 Å². The molecule has 1 amide bonds. The van der Waals surface area contributed by atoms with Crippen LogP contribution in [-0.4, -0.2) is 54.0 Å². The summed E-state index contributed by atoms with van der Waals surface area (Å²) in [5, 5.41) is 0. The second kappa shape index (κ2) is 6.53. The lowest BCUT2D eigenvalue weighted by atomic mass is 9.99. The molecule has 2 aliphatic heterocycles. The minimum Gasteiger partial charge on any atom is -0.338 e. The molecule has 2 fully saturated rings. The number of piperazine rings is 1. The van der Waals surface area contributed by atoms with Gasteiger partial charge in [-0.05, 0) is 25.8 Å². The Morgan fingerprint density at radius 2 is 2.17 bits per heavy atom. The largest absolute Gasteiger partial charge is 0.338 e. The van der Waals surface area contributed by atoms with Gasteiger partial charge in [0, 0.05) is 25.7 Å². The van der Waals surface area contributed by atoms with Crippen LogP contribution in [0.4, 0.5) is 0 Å². The second-order valence-corrected chi connectivity index (χ2v) is 5.72. The van der Waals surface area contributed by atoms with E-state index in [1.807, 2.05) is 4.90 Å². The number of piperidine rings is 1. The van der Waals surface area contributed by atoms with Crippen LogP contribution in [0.5, 0.6) is 0 Å². The summed E-state index contributed by atoms with van der Waals surface area (Å²) in [4.78, 5) is 16.8. The van der Waals surface area contributed by atoms with Gasteiger partial charge in [-0.2, -0.15) is 0 Å². The summed E-state index contributed by atoms with van der Waals surface area (Å²) in [7, 11) is 0. The topological polar surface area (TPSA) is 49.6 Å². The van der Waals surface area contributed by atoms with Crippen molar-refractivity contribution in [2.45, 2.75) is 57.5 Å². The van der Waals surface area contributed by atoms with Gasteiger partial charge in [-0.25, -0.2) is 0 Å². The molecule has 0 aromatic carbocycles. The van der Waals surface area contributed by atoms with Crippen molar-refractivity contribution in [2.24, 2.45) is 5.73 Å². The Labute approximate surface area is 110 Å². The molecule has 4 nitrogen and oxygen atoms in total. The van der Waals surface area contributed by atoms with Crippen LogP contribution in [0, 0.1) is 0 Å². The molecule has 1 unspecified atom stereocenters. The molecule has 2 saturated heterocycles. The predicted molar refractivity (Wildman–Crippen MR) is 73.3 cm³/mol. The third-order valence-electron chi connectivity index (χ3n) is 4.33. The van der Waals surface area contributed by atoms with E-state index in [2.05, 4.69) is 11.8 Å². The third-order valence-corrected chi connectivity index (χ3v) is 4.33. The van der Waals surface area contributed by atoms with Gasteiger partial charge in [0.05, 0.1) is 6.04 Å². The average molecular weight is 253 g/mol. The van der Waals surface area contributed by atoms with Crippen LogP contribution in [0.2, 0.25) is 0 Å². The number of amides is 1. The minimum atomic E-state index is -0.278. The Bertz CT molecular complexity index is 282. The van der Waals surface area contributed by atoms with Crippen molar-refractivity contribution < 1.29 is 4.79 Å². The Kier molecular flexibility index (Phi) is 5.01. The third kappa shape index (κ3) is 3.23. The molecule has 0 spiro atoms. The number of fused-ring (bicyclic) bond motifs is 1. The van der Waals surface area contributed by atoms with Gasteiger partial charge in [-0.3, -0.25) is 9.69 Å². The Balaban J connectivity index is 1.84. The molecule has 2 N–H and O–H groups in total. The van der Waals surface area contributed by atoms with Crippen LogP contribution in [0.15, 0.2) is 0 Å². The fourth-order valence-electron chi connectivity index (χ4n) is 3.14. The fourth-order valence-corrected chi connectivity index (χ4v) is 3.14. The summed E-state index contributed by atoms with van der Waals surface area (Å²) in [6.07, 6.45) is 6.87. The lowest BCUT2D eigenvalue weighted by Crippen LogP contribution is -2.58.